The average molecular weight is 259 g/mol. The maximum Gasteiger partial charge on any atom is 0.0969 e. The van der Waals surface area contributed by atoms with E-state index in [-0.39, 0.29) is 0 Å². The van der Waals surface area contributed by atoms with Gasteiger partial charge in [-0.05, 0) is 16.1 Å². The molecule has 0 aromatic heterocycles. The molecule has 84 valence electrons. The summed E-state index contributed by atoms with van der Waals surface area (Å²) >= 11 is 5.62. The maximum absolute atomic E-state index is 8.74. The molecule has 0 saturated carbocycles. The van der Waals surface area contributed by atoms with E-state index >= 15 is 0 Å². The van der Waals surface area contributed by atoms with Gasteiger partial charge in [-0.3, -0.25) is 0 Å². The smallest absolute Gasteiger partial charge is 0.0807 e. The van der Waals surface area contributed by atoms with Crippen LogP contribution in [0.3, 0.4) is 0 Å². The van der Waals surface area contributed by atoms with E-state index < -0.39 is 6.19 Å². The van der Waals surface area contributed by atoms with Gasteiger partial charge >= 0.3 is 0 Å². The van der Waals surface area contributed by atoms with Crippen LogP contribution in [0.4, 0.5) is 0 Å². The van der Waals surface area contributed by atoms with Crippen LogP contribution in [-0.2, 0) is 11.8 Å². The minimum absolute atomic E-state index is 0.916. The molecular formula is C12H10N3PS. The number of nitrogens with zero attached hydrogens (tertiary/aromatic N) is 3. The summed E-state index contributed by atoms with van der Waals surface area (Å²) in [6.07, 6.45) is -2.38. The van der Waals surface area contributed by atoms with Gasteiger partial charge in [0.1, 0.15) is 0 Å². The third-order valence-corrected chi connectivity index (χ3v) is 6.19. The first-order chi connectivity index (χ1) is 8.27. The zero-order valence-corrected chi connectivity index (χ0v) is 10.7. The fourth-order valence-corrected chi connectivity index (χ4v) is 4.17. The van der Waals surface area contributed by atoms with Gasteiger partial charge in [0, 0.05) is 4.91 Å². The molecule has 3 nitrogen and oxygen atoms in total. The van der Waals surface area contributed by atoms with Gasteiger partial charge in [-0.15, -0.1) is 0 Å². The molecule has 2 aromatic rings. The molecule has 0 N–H and O–H groups in total. The van der Waals surface area contributed by atoms with Crippen molar-refractivity contribution in [3.8, 4) is 0 Å². The monoisotopic (exact) mass is 259 g/mol. The topological polar surface area (TPSA) is 48.8 Å². The zero-order chi connectivity index (χ0) is 12.1. The Morgan fingerprint density at radius 2 is 1.29 bits per heavy atom. The lowest BCUT2D eigenvalue weighted by Crippen LogP contribution is -2.13. The van der Waals surface area contributed by atoms with Crippen LogP contribution in [0.25, 0.3) is 10.4 Å². The van der Waals surface area contributed by atoms with Crippen molar-refractivity contribution < 1.29 is 0 Å². The van der Waals surface area contributed by atoms with Crippen molar-refractivity contribution in [3.05, 3.63) is 71.1 Å². The Bertz CT molecular complexity index is 548. The third kappa shape index (κ3) is 2.40. The molecule has 0 amide bonds. The normalized spacial score (nSPS) is 10.6. The predicted molar refractivity (Wildman–Crippen MR) is 75.6 cm³/mol. The molecule has 0 aliphatic carbocycles. The molecule has 0 spiro atoms. The second kappa shape index (κ2) is 5.15. The summed E-state index contributed by atoms with van der Waals surface area (Å²) in [5, 5.41) is 1.83. The summed E-state index contributed by atoms with van der Waals surface area (Å²) in [4.78, 5) is 6.83. The van der Waals surface area contributed by atoms with E-state index in [1.54, 1.807) is 0 Å². The van der Waals surface area contributed by atoms with Crippen LogP contribution in [0.1, 0.15) is 0 Å². The first-order valence-corrected chi connectivity index (χ1v) is 7.81. The number of azide groups is 1. The van der Waals surface area contributed by atoms with Crippen molar-refractivity contribution in [2.45, 2.75) is 0 Å². The molecule has 0 aliphatic heterocycles. The summed E-state index contributed by atoms with van der Waals surface area (Å²) in [5.74, 6) is 0. The summed E-state index contributed by atoms with van der Waals surface area (Å²) < 4.78 is 0. The molecule has 0 fully saturated rings. The molecule has 17 heavy (non-hydrogen) atoms. The van der Waals surface area contributed by atoms with Crippen molar-refractivity contribution in [2.24, 2.45) is 4.88 Å². The molecule has 5 heteroatoms. The number of hydrogen-bond donors (Lipinski definition) is 0. The molecule has 2 aromatic carbocycles. The largest absolute Gasteiger partial charge is 0.0969 e. The summed E-state index contributed by atoms with van der Waals surface area (Å²) in [6, 6.07) is 19.2. The van der Waals surface area contributed by atoms with Crippen LogP contribution in [0.5, 0.6) is 0 Å². The SMILES string of the molecule is [N-]=[N+]=NP(=S)(c1ccccc1)c1ccccc1. The van der Waals surface area contributed by atoms with Gasteiger partial charge in [-0.25, -0.2) is 0 Å². The van der Waals surface area contributed by atoms with Crippen LogP contribution in [-0.4, -0.2) is 0 Å². The lowest BCUT2D eigenvalue weighted by atomic mass is 10.4. The van der Waals surface area contributed by atoms with Crippen molar-refractivity contribution in [1.29, 1.82) is 0 Å². The lowest BCUT2D eigenvalue weighted by Gasteiger charge is -2.16. The van der Waals surface area contributed by atoms with Gasteiger partial charge in [-0.2, -0.15) is 0 Å². The highest BCUT2D eigenvalue weighted by atomic mass is 32.4. The Morgan fingerprint density at radius 1 is 0.882 bits per heavy atom. The predicted octanol–water partition coefficient (Wildman–Crippen LogP) is 3.34. The molecule has 0 radical (unpaired) electrons. The second-order valence-corrected chi connectivity index (χ2v) is 7.38. The van der Waals surface area contributed by atoms with Crippen LogP contribution in [0.15, 0.2) is 65.5 Å². The highest BCUT2D eigenvalue weighted by molar-refractivity contribution is 8.21. The molecule has 2 rings (SSSR count). The maximum atomic E-state index is 8.74. The molecule has 0 unspecified atom stereocenters. The minimum atomic E-state index is -2.38. The highest BCUT2D eigenvalue weighted by Crippen LogP contribution is 2.45. The molecule has 0 saturated heterocycles. The quantitative estimate of drug-likeness (QED) is 0.361. The van der Waals surface area contributed by atoms with E-state index in [0.717, 1.165) is 10.6 Å². The summed E-state index contributed by atoms with van der Waals surface area (Å²) in [5.41, 5.74) is 8.74. The van der Waals surface area contributed by atoms with Crippen molar-refractivity contribution >= 4 is 28.6 Å². The summed E-state index contributed by atoms with van der Waals surface area (Å²) in [7, 11) is 0. The molecule has 0 atom stereocenters. The first-order valence-electron chi connectivity index (χ1n) is 5.05. The van der Waals surface area contributed by atoms with Crippen molar-refractivity contribution in [1.82, 2.24) is 0 Å². The van der Waals surface area contributed by atoms with E-state index in [4.69, 9.17) is 17.3 Å². The molecule has 0 heterocycles. The fourth-order valence-electron chi connectivity index (χ4n) is 1.57. The minimum Gasteiger partial charge on any atom is -0.0807 e. The van der Waals surface area contributed by atoms with Gasteiger partial charge in [0.2, 0.25) is 0 Å². The van der Waals surface area contributed by atoms with E-state index in [9.17, 15) is 0 Å². The summed E-state index contributed by atoms with van der Waals surface area (Å²) in [6.45, 7) is 0. The Labute approximate surface area is 105 Å². The second-order valence-electron chi connectivity index (χ2n) is 3.43. The molecule has 0 bridgehead atoms. The Balaban J connectivity index is 2.64. The standard InChI is InChI=1S/C12H10N3PS/c13-14-15-16(17,11-7-3-1-4-8-11)12-9-5-2-6-10-12/h1-10H. The van der Waals surface area contributed by atoms with Gasteiger partial charge in [0.05, 0.1) is 6.19 Å². The van der Waals surface area contributed by atoms with Gasteiger partial charge in [-0.1, -0.05) is 77.4 Å². The zero-order valence-electron chi connectivity index (χ0n) is 8.97. The third-order valence-electron chi connectivity index (χ3n) is 2.38. The van der Waals surface area contributed by atoms with Crippen LogP contribution < -0.4 is 10.6 Å². The number of rotatable bonds is 3. The number of benzene rings is 2. The molecular weight excluding hydrogens is 249 g/mol. The van der Waals surface area contributed by atoms with Crippen molar-refractivity contribution in [3.63, 3.8) is 0 Å². The van der Waals surface area contributed by atoms with Gasteiger partial charge in [0.15, 0.2) is 0 Å². The average Bonchev–Trinajstić information content (AvgIpc) is 2.41. The van der Waals surface area contributed by atoms with E-state index in [1.165, 1.54) is 0 Å². The van der Waals surface area contributed by atoms with Crippen LogP contribution in [0.2, 0.25) is 0 Å². The van der Waals surface area contributed by atoms with Crippen molar-refractivity contribution in [2.75, 3.05) is 0 Å². The van der Waals surface area contributed by atoms with Gasteiger partial charge in [0.25, 0.3) is 0 Å². The van der Waals surface area contributed by atoms with E-state index in [1.807, 2.05) is 60.7 Å². The van der Waals surface area contributed by atoms with Gasteiger partial charge < -0.3 is 0 Å². The highest BCUT2D eigenvalue weighted by Gasteiger charge is 2.19. The Hall–Kier alpha value is -1.60. The van der Waals surface area contributed by atoms with E-state index in [0.29, 0.717) is 0 Å². The number of hydrogen-bond acceptors (Lipinski definition) is 1. The fraction of sp³-hybridized carbons (Fsp3) is 0. The molecule has 0 aliphatic rings. The Kier molecular flexibility index (Phi) is 3.60. The Morgan fingerprint density at radius 3 is 1.65 bits per heavy atom. The van der Waals surface area contributed by atoms with E-state index in [2.05, 4.69) is 9.80 Å². The van der Waals surface area contributed by atoms with Crippen LogP contribution in [0, 0.1) is 0 Å². The lowest BCUT2D eigenvalue weighted by molar-refractivity contribution is 1.69. The first kappa shape index (κ1) is 11.9. The van der Waals surface area contributed by atoms with Crippen LogP contribution >= 0.6 is 6.19 Å².